The number of hydrogen-bond acceptors (Lipinski definition) is 4. The Balaban J connectivity index is 2.02. The molecule has 2 aromatic rings. The molecular formula is C11H12FN3S. The first-order valence-electron chi connectivity index (χ1n) is 5.29. The van der Waals surface area contributed by atoms with E-state index in [4.69, 9.17) is 5.73 Å². The van der Waals surface area contributed by atoms with Gasteiger partial charge in [-0.3, -0.25) is 0 Å². The SMILES string of the molecule is NC1CCN(c2nc3c(F)cccc3s2)C1. The lowest BCUT2D eigenvalue weighted by atomic mass is 10.3. The lowest BCUT2D eigenvalue weighted by molar-refractivity contribution is 0.637. The molecule has 0 aliphatic carbocycles. The maximum absolute atomic E-state index is 13.5. The van der Waals surface area contributed by atoms with E-state index >= 15 is 0 Å². The Morgan fingerprint density at radius 1 is 1.50 bits per heavy atom. The fourth-order valence-electron chi connectivity index (χ4n) is 2.00. The van der Waals surface area contributed by atoms with E-state index in [1.807, 2.05) is 6.07 Å². The van der Waals surface area contributed by atoms with Crippen LogP contribution in [0.1, 0.15) is 6.42 Å². The van der Waals surface area contributed by atoms with Gasteiger partial charge in [0.25, 0.3) is 0 Å². The maximum Gasteiger partial charge on any atom is 0.186 e. The molecule has 1 unspecified atom stereocenters. The van der Waals surface area contributed by atoms with Gasteiger partial charge in [0.1, 0.15) is 11.3 Å². The summed E-state index contributed by atoms with van der Waals surface area (Å²) in [7, 11) is 0. The number of fused-ring (bicyclic) bond motifs is 1. The molecule has 1 saturated heterocycles. The highest BCUT2D eigenvalue weighted by atomic mass is 32.1. The predicted molar refractivity (Wildman–Crippen MR) is 64.4 cm³/mol. The number of anilines is 1. The van der Waals surface area contributed by atoms with E-state index in [-0.39, 0.29) is 11.9 Å². The van der Waals surface area contributed by atoms with E-state index in [1.165, 1.54) is 17.4 Å². The van der Waals surface area contributed by atoms with Gasteiger partial charge in [0.05, 0.1) is 4.70 Å². The number of hydrogen-bond donors (Lipinski definition) is 1. The van der Waals surface area contributed by atoms with Crippen LogP contribution in [-0.2, 0) is 0 Å². The summed E-state index contributed by atoms with van der Waals surface area (Å²) < 4.78 is 14.4. The second-order valence-electron chi connectivity index (χ2n) is 4.08. The average molecular weight is 237 g/mol. The largest absolute Gasteiger partial charge is 0.346 e. The number of rotatable bonds is 1. The summed E-state index contributed by atoms with van der Waals surface area (Å²) in [5.41, 5.74) is 6.32. The van der Waals surface area contributed by atoms with Crippen molar-refractivity contribution in [2.45, 2.75) is 12.5 Å². The van der Waals surface area contributed by atoms with Gasteiger partial charge in [-0.05, 0) is 18.6 Å². The third-order valence-corrected chi connectivity index (χ3v) is 3.94. The summed E-state index contributed by atoms with van der Waals surface area (Å²) in [6.07, 6.45) is 0.985. The average Bonchev–Trinajstić information content (AvgIpc) is 2.84. The van der Waals surface area contributed by atoms with Crippen LogP contribution in [0.25, 0.3) is 10.2 Å². The minimum atomic E-state index is -0.247. The lowest BCUT2D eigenvalue weighted by Crippen LogP contribution is -2.26. The minimum Gasteiger partial charge on any atom is -0.346 e. The molecule has 1 aliphatic heterocycles. The normalized spacial score (nSPS) is 20.9. The van der Waals surface area contributed by atoms with E-state index in [2.05, 4.69) is 9.88 Å². The molecular weight excluding hydrogens is 225 g/mol. The first kappa shape index (κ1) is 9.99. The molecule has 0 amide bonds. The summed E-state index contributed by atoms with van der Waals surface area (Å²) in [4.78, 5) is 6.48. The van der Waals surface area contributed by atoms with Crippen LogP contribution in [-0.4, -0.2) is 24.1 Å². The van der Waals surface area contributed by atoms with Crippen molar-refractivity contribution in [3.05, 3.63) is 24.0 Å². The summed E-state index contributed by atoms with van der Waals surface area (Å²) >= 11 is 1.53. The van der Waals surface area contributed by atoms with Crippen LogP contribution in [0.15, 0.2) is 18.2 Å². The van der Waals surface area contributed by atoms with Gasteiger partial charge in [-0.25, -0.2) is 9.37 Å². The molecule has 2 N–H and O–H groups in total. The molecule has 0 bridgehead atoms. The molecule has 3 nitrogen and oxygen atoms in total. The molecule has 1 aliphatic rings. The fraction of sp³-hybridized carbons (Fsp3) is 0.364. The summed E-state index contributed by atoms with van der Waals surface area (Å²) in [5, 5.41) is 0.882. The molecule has 1 atom stereocenters. The molecule has 16 heavy (non-hydrogen) atoms. The van der Waals surface area contributed by atoms with Crippen LogP contribution in [0, 0.1) is 5.82 Å². The Bertz CT molecular complexity index is 525. The van der Waals surface area contributed by atoms with Gasteiger partial charge in [-0.1, -0.05) is 17.4 Å². The van der Waals surface area contributed by atoms with Crippen LogP contribution >= 0.6 is 11.3 Å². The Hall–Kier alpha value is -1.20. The molecule has 0 radical (unpaired) electrons. The molecule has 0 spiro atoms. The van der Waals surface area contributed by atoms with Gasteiger partial charge in [-0.2, -0.15) is 0 Å². The molecule has 1 aromatic carbocycles. The van der Waals surface area contributed by atoms with Crippen molar-refractivity contribution in [3.8, 4) is 0 Å². The minimum absolute atomic E-state index is 0.219. The maximum atomic E-state index is 13.5. The highest BCUT2D eigenvalue weighted by molar-refractivity contribution is 7.22. The van der Waals surface area contributed by atoms with Crippen LogP contribution in [0.3, 0.4) is 0 Å². The van der Waals surface area contributed by atoms with E-state index in [0.29, 0.717) is 5.52 Å². The van der Waals surface area contributed by atoms with E-state index < -0.39 is 0 Å². The first-order valence-corrected chi connectivity index (χ1v) is 6.11. The Labute approximate surface area is 96.7 Å². The zero-order valence-electron chi connectivity index (χ0n) is 8.69. The zero-order valence-corrected chi connectivity index (χ0v) is 9.51. The zero-order chi connectivity index (χ0) is 11.1. The van der Waals surface area contributed by atoms with Gasteiger partial charge < -0.3 is 10.6 Å². The highest BCUT2D eigenvalue weighted by Gasteiger charge is 2.22. The van der Waals surface area contributed by atoms with Crippen molar-refractivity contribution in [2.24, 2.45) is 5.73 Å². The van der Waals surface area contributed by atoms with Gasteiger partial charge in [0.15, 0.2) is 5.13 Å². The molecule has 0 saturated carbocycles. The van der Waals surface area contributed by atoms with Gasteiger partial charge in [0, 0.05) is 19.1 Å². The number of para-hydroxylation sites is 1. The Kier molecular flexibility index (Phi) is 2.29. The summed E-state index contributed by atoms with van der Waals surface area (Å²) in [6, 6.07) is 5.28. The Morgan fingerprint density at radius 2 is 2.38 bits per heavy atom. The predicted octanol–water partition coefficient (Wildman–Crippen LogP) is 1.97. The highest BCUT2D eigenvalue weighted by Crippen LogP contribution is 2.31. The Morgan fingerprint density at radius 3 is 3.06 bits per heavy atom. The van der Waals surface area contributed by atoms with Gasteiger partial charge in [0.2, 0.25) is 0 Å². The number of aromatic nitrogens is 1. The van der Waals surface area contributed by atoms with Crippen molar-refractivity contribution < 1.29 is 4.39 Å². The van der Waals surface area contributed by atoms with E-state index in [1.54, 1.807) is 6.07 Å². The molecule has 1 aromatic heterocycles. The van der Waals surface area contributed by atoms with Crippen molar-refractivity contribution >= 4 is 26.7 Å². The second kappa shape index (κ2) is 3.68. The number of halogens is 1. The van der Waals surface area contributed by atoms with Crippen molar-refractivity contribution in [1.82, 2.24) is 4.98 Å². The van der Waals surface area contributed by atoms with Crippen molar-refractivity contribution in [1.29, 1.82) is 0 Å². The van der Waals surface area contributed by atoms with Crippen molar-refractivity contribution in [2.75, 3.05) is 18.0 Å². The third-order valence-electron chi connectivity index (χ3n) is 2.85. The van der Waals surface area contributed by atoms with Crippen LogP contribution in [0.2, 0.25) is 0 Å². The summed E-state index contributed by atoms with van der Waals surface area (Å²) in [6.45, 7) is 1.74. The third kappa shape index (κ3) is 1.56. The smallest absolute Gasteiger partial charge is 0.186 e. The molecule has 3 rings (SSSR count). The van der Waals surface area contributed by atoms with Gasteiger partial charge in [-0.15, -0.1) is 0 Å². The second-order valence-corrected chi connectivity index (χ2v) is 5.09. The fourth-order valence-corrected chi connectivity index (χ4v) is 3.01. The monoisotopic (exact) mass is 237 g/mol. The molecule has 2 heterocycles. The first-order chi connectivity index (χ1) is 7.74. The van der Waals surface area contributed by atoms with Crippen molar-refractivity contribution in [3.63, 3.8) is 0 Å². The van der Waals surface area contributed by atoms with E-state index in [0.717, 1.165) is 29.3 Å². The molecule has 84 valence electrons. The standard InChI is InChI=1S/C11H12FN3S/c12-8-2-1-3-9-10(8)14-11(16-9)15-5-4-7(13)6-15/h1-3,7H,4-6,13H2. The number of thiazole rings is 1. The molecule has 5 heteroatoms. The van der Waals surface area contributed by atoms with Crippen LogP contribution < -0.4 is 10.6 Å². The quantitative estimate of drug-likeness (QED) is 0.824. The van der Waals surface area contributed by atoms with E-state index in [9.17, 15) is 4.39 Å². The topological polar surface area (TPSA) is 42.1 Å². The number of benzene rings is 1. The summed E-state index contributed by atoms with van der Waals surface area (Å²) in [5.74, 6) is -0.247. The molecule has 1 fully saturated rings. The lowest BCUT2D eigenvalue weighted by Gasteiger charge is -2.12. The number of nitrogens with two attached hydrogens (primary N) is 1. The number of nitrogens with zero attached hydrogens (tertiary/aromatic N) is 2. The van der Waals surface area contributed by atoms with Crippen LogP contribution in [0.4, 0.5) is 9.52 Å². The van der Waals surface area contributed by atoms with Crippen LogP contribution in [0.5, 0.6) is 0 Å². The van der Waals surface area contributed by atoms with Gasteiger partial charge >= 0.3 is 0 Å².